The van der Waals surface area contributed by atoms with Gasteiger partial charge in [0, 0.05) is 12.8 Å². The summed E-state index contributed by atoms with van der Waals surface area (Å²) in [5.41, 5.74) is 0. The van der Waals surface area contributed by atoms with Gasteiger partial charge >= 0.3 is 0 Å². The molecule has 1 aliphatic rings. The van der Waals surface area contributed by atoms with E-state index in [1.807, 2.05) is 0 Å². The average molecular weight is 233 g/mol. The molecule has 2 atom stereocenters. The highest BCUT2D eigenvalue weighted by atomic mass is 32.2. The zero-order chi connectivity index (χ0) is 11.3. The second-order valence-corrected chi connectivity index (χ2v) is 7.12. The molecule has 1 N–H and O–H groups in total. The van der Waals surface area contributed by atoms with Crippen molar-refractivity contribution in [3.05, 3.63) is 0 Å². The van der Waals surface area contributed by atoms with Crippen molar-refractivity contribution in [3.8, 4) is 0 Å². The molecule has 1 saturated carbocycles. The first-order valence-electron chi connectivity index (χ1n) is 5.87. The zero-order valence-corrected chi connectivity index (χ0v) is 10.6. The Morgan fingerprint density at radius 2 is 1.93 bits per heavy atom. The highest BCUT2D eigenvalue weighted by Gasteiger charge is 2.20. The first-order chi connectivity index (χ1) is 6.99. The number of nitrogens with one attached hydrogen (secondary N) is 1. The fraction of sp³-hybridized carbons (Fsp3) is 1.00. The smallest absolute Gasteiger partial charge is 0.148 e. The third-order valence-electron chi connectivity index (χ3n) is 3.35. The number of hydrogen-bond acceptors (Lipinski definition) is 3. The van der Waals surface area contributed by atoms with Crippen LogP contribution in [0.15, 0.2) is 0 Å². The molecule has 0 amide bonds. The molecule has 1 rings (SSSR count). The predicted molar refractivity (Wildman–Crippen MR) is 63.7 cm³/mol. The molecule has 0 bridgehead atoms. The van der Waals surface area contributed by atoms with E-state index in [9.17, 15) is 8.42 Å². The molecule has 0 aromatic carbocycles. The maximum atomic E-state index is 10.9. The number of sulfone groups is 1. The quantitative estimate of drug-likeness (QED) is 0.731. The molecule has 4 heteroatoms. The fourth-order valence-corrected chi connectivity index (χ4v) is 2.76. The first-order valence-corrected chi connectivity index (χ1v) is 7.93. The van der Waals surface area contributed by atoms with Crippen molar-refractivity contribution in [2.75, 3.05) is 25.1 Å². The molecular weight excluding hydrogens is 210 g/mol. The van der Waals surface area contributed by atoms with Gasteiger partial charge in [-0.15, -0.1) is 0 Å². The lowest BCUT2D eigenvalue weighted by atomic mass is 9.80. The van der Waals surface area contributed by atoms with Gasteiger partial charge in [0.05, 0.1) is 5.75 Å². The van der Waals surface area contributed by atoms with Crippen molar-refractivity contribution in [2.45, 2.75) is 32.6 Å². The van der Waals surface area contributed by atoms with E-state index in [4.69, 9.17) is 0 Å². The molecule has 0 saturated heterocycles. The van der Waals surface area contributed by atoms with Crippen LogP contribution < -0.4 is 5.32 Å². The van der Waals surface area contributed by atoms with Gasteiger partial charge in [0.2, 0.25) is 0 Å². The van der Waals surface area contributed by atoms with Gasteiger partial charge in [-0.25, -0.2) is 8.42 Å². The van der Waals surface area contributed by atoms with Crippen LogP contribution in [0.5, 0.6) is 0 Å². The van der Waals surface area contributed by atoms with Crippen LogP contribution in [0.25, 0.3) is 0 Å². The molecule has 0 heterocycles. The van der Waals surface area contributed by atoms with Gasteiger partial charge in [0.15, 0.2) is 0 Å². The van der Waals surface area contributed by atoms with Crippen LogP contribution in [0.2, 0.25) is 0 Å². The molecule has 0 aromatic rings. The second kappa shape index (κ2) is 5.85. The van der Waals surface area contributed by atoms with Gasteiger partial charge in [-0.3, -0.25) is 0 Å². The highest BCUT2D eigenvalue weighted by molar-refractivity contribution is 7.90. The maximum Gasteiger partial charge on any atom is 0.148 e. The van der Waals surface area contributed by atoms with Gasteiger partial charge in [0.1, 0.15) is 9.84 Å². The number of rotatable bonds is 5. The summed E-state index contributed by atoms with van der Waals surface area (Å²) in [5.74, 6) is 1.80. The van der Waals surface area contributed by atoms with Crippen LogP contribution >= 0.6 is 0 Å². The standard InChI is InChI=1S/C11H23NO2S/c1-10-5-3-4-6-11(10)9-12-7-8-15(2,13)14/h10-12H,3-9H2,1-2H3. The van der Waals surface area contributed by atoms with Crippen molar-refractivity contribution in [3.63, 3.8) is 0 Å². The lowest BCUT2D eigenvalue weighted by molar-refractivity contribution is 0.249. The molecule has 3 nitrogen and oxygen atoms in total. The third-order valence-corrected chi connectivity index (χ3v) is 4.29. The van der Waals surface area contributed by atoms with Crippen LogP contribution in [0.3, 0.4) is 0 Å². The molecule has 2 unspecified atom stereocenters. The zero-order valence-electron chi connectivity index (χ0n) is 9.83. The van der Waals surface area contributed by atoms with Gasteiger partial charge in [-0.1, -0.05) is 26.2 Å². The van der Waals surface area contributed by atoms with Crippen LogP contribution in [0, 0.1) is 11.8 Å². The lowest BCUT2D eigenvalue weighted by Crippen LogP contribution is -2.32. The third kappa shape index (κ3) is 5.52. The minimum atomic E-state index is -2.80. The predicted octanol–water partition coefficient (Wildman–Crippen LogP) is 1.45. The van der Waals surface area contributed by atoms with Crippen molar-refractivity contribution in [1.29, 1.82) is 0 Å². The van der Waals surface area contributed by atoms with Crippen LogP contribution in [-0.2, 0) is 9.84 Å². The summed E-state index contributed by atoms with van der Waals surface area (Å²) in [5, 5.41) is 3.26. The summed E-state index contributed by atoms with van der Waals surface area (Å²) >= 11 is 0. The first kappa shape index (κ1) is 13.0. The molecule has 0 aliphatic heterocycles. The summed E-state index contributed by atoms with van der Waals surface area (Å²) in [6, 6.07) is 0. The monoisotopic (exact) mass is 233 g/mol. The van der Waals surface area contributed by atoms with Crippen LogP contribution in [0.4, 0.5) is 0 Å². The molecule has 1 fully saturated rings. The Balaban J connectivity index is 2.14. The minimum absolute atomic E-state index is 0.258. The van der Waals surface area contributed by atoms with E-state index in [0.29, 0.717) is 6.54 Å². The van der Waals surface area contributed by atoms with E-state index in [2.05, 4.69) is 12.2 Å². The molecule has 0 aromatic heterocycles. The largest absolute Gasteiger partial charge is 0.315 e. The minimum Gasteiger partial charge on any atom is -0.315 e. The summed E-state index contributed by atoms with van der Waals surface area (Å²) < 4.78 is 21.8. The van der Waals surface area contributed by atoms with E-state index in [1.165, 1.54) is 31.9 Å². The van der Waals surface area contributed by atoms with Gasteiger partial charge in [-0.05, 0) is 24.8 Å². The van der Waals surface area contributed by atoms with Crippen LogP contribution in [-0.4, -0.2) is 33.5 Å². The van der Waals surface area contributed by atoms with Gasteiger partial charge in [0.25, 0.3) is 0 Å². The average Bonchev–Trinajstić information content (AvgIpc) is 2.13. The molecule has 0 spiro atoms. The number of hydrogen-bond donors (Lipinski definition) is 1. The van der Waals surface area contributed by atoms with Crippen molar-refractivity contribution in [2.24, 2.45) is 11.8 Å². The molecular formula is C11H23NO2S. The molecule has 90 valence electrons. The van der Waals surface area contributed by atoms with E-state index in [0.717, 1.165) is 18.4 Å². The summed E-state index contributed by atoms with van der Waals surface area (Å²) in [6.07, 6.45) is 6.62. The molecule has 15 heavy (non-hydrogen) atoms. The maximum absolute atomic E-state index is 10.9. The summed E-state index contributed by atoms with van der Waals surface area (Å²) in [4.78, 5) is 0. The lowest BCUT2D eigenvalue weighted by Gasteiger charge is -2.28. The Hall–Kier alpha value is -0.0900. The Morgan fingerprint density at radius 3 is 2.53 bits per heavy atom. The Bertz CT molecular complexity index is 274. The van der Waals surface area contributed by atoms with Crippen molar-refractivity contribution < 1.29 is 8.42 Å². The van der Waals surface area contributed by atoms with E-state index in [-0.39, 0.29) is 5.75 Å². The Labute approximate surface area is 93.6 Å². The van der Waals surface area contributed by atoms with Gasteiger partial charge in [-0.2, -0.15) is 0 Å². The van der Waals surface area contributed by atoms with E-state index < -0.39 is 9.84 Å². The molecule has 0 radical (unpaired) electrons. The second-order valence-electron chi connectivity index (χ2n) is 4.86. The van der Waals surface area contributed by atoms with Crippen molar-refractivity contribution in [1.82, 2.24) is 5.32 Å². The van der Waals surface area contributed by atoms with Crippen molar-refractivity contribution >= 4 is 9.84 Å². The normalized spacial score (nSPS) is 27.9. The fourth-order valence-electron chi connectivity index (χ4n) is 2.24. The topological polar surface area (TPSA) is 46.2 Å². The Morgan fingerprint density at radius 1 is 1.27 bits per heavy atom. The molecule has 1 aliphatic carbocycles. The SMILES string of the molecule is CC1CCCCC1CNCCS(C)(=O)=O. The summed E-state index contributed by atoms with van der Waals surface area (Å²) in [7, 11) is -2.80. The van der Waals surface area contributed by atoms with Crippen LogP contribution in [0.1, 0.15) is 32.6 Å². The van der Waals surface area contributed by atoms with Gasteiger partial charge < -0.3 is 5.32 Å². The Kier molecular flexibility index (Phi) is 5.06. The van der Waals surface area contributed by atoms with E-state index in [1.54, 1.807) is 0 Å². The highest BCUT2D eigenvalue weighted by Crippen LogP contribution is 2.28. The summed E-state index contributed by atoms with van der Waals surface area (Å²) in [6.45, 7) is 3.89. The van der Waals surface area contributed by atoms with E-state index >= 15 is 0 Å².